The maximum atomic E-state index is 12.1. The molecule has 0 unspecified atom stereocenters. The van der Waals surface area contributed by atoms with Crippen LogP contribution in [0.25, 0.3) is 0 Å². The molecular weight excluding hydrogens is 246 g/mol. The molecule has 1 N–H and O–H groups in total. The maximum Gasteiger partial charge on any atom is 0.135 e. The molecule has 96 valence electrons. The minimum absolute atomic E-state index is 0.0839. The van der Waals surface area contributed by atoms with Crippen LogP contribution in [0.3, 0.4) is 0 Å². The zero-order chi connectivity index (χ0) is 13.1. The lowest BCUT2D eigenvalue weighted by Crippen LogP contribution is -2.36. The second-order valence-corrected chi connectivity index (χ2v) is 5.85. The van der Waals surface area contributed by atoms with Crippen molar-refractivity contribution in [1.82, 2.24) is 4.72 Å². The number of nitrogens with one attached hydrogen (secondary N) is 1. The molecule has 1 aliphatic rings. The fraction of sp³-hybridized carbons (Fsp3) is 0.357. The molecule has 2 rings (SSSR count). The first-order chi connectivity index (χ1) is 8.58. The van der Waals surface area contributed by atoms with E-state index >= 15 is 0 Å². The zero-order valence-electron chi connectivity index (χ0n) is 10.6. The molecule has 3 nitrogen and oxygen atoms in total. The van der Waals surface area contributed by atoms with Gasteiger partial charge in [-0.2, -0.15) is 0 Å². The number of Topliss-reactive ketones (excluding diaryl/α,β-unsaturated/α-hetero) is 1. The number of carbonyl (C=O) groups excluding carboxylic acids is 1. The van der Waals surface area contributed by atoms with Crippen molar-refractivity contribution < 1.29 is 9.00 Å². The molecule has 0 fully saturated rings. The molecule has 1 aromatic carbocycles. The summed E-state index contributed by atoms with van der Waals surface area (Å²) in [6.07, 6.45) is 4.63. The number of hydrogen-bond donors (Lipinski definition) is 1. The molecule has 1 aromatic rings. The van der Waals surface area contributed by atoms with Gasteiger partial charge in [-0.15, -0.1) is 0 Å². The monoisotopic (exact) mass is 263 g/mol. The summed E-state index contributed by atoms with van der Waals surface area (Å²) in [4.78, 5) is 12.2. The van der Waals surface area contributed by atoms with Gasteiger partial charge in [-0.25, -0.2) is 8.93 Å². The molecule has 0 heterocycles. The Kier molecular flexibility index (Phi) is 4.09. The molecule has 0 spiro atoms. The van der Waals surface area contributed by atoms with E-state index in [1.807, 2.05) is 43.3 Å². The zero-order valence-corrected chi connectivity index (χ0v) is 11.4. The predicted molar refractivity (Wildman–Crippen MR) is 72.4 cm³/mol. The van der Waals surface area contributed by atoms with Crippen molar-refractivity contribution in [2.45, 2.75) is 31.2 Å². The van der Waals surface area contributed by atoms with Crippen LogP contribution in [-0.4, -0.2) is 16.0 Å². The number of hydrogen-bond acceptors (Lipinski definition) is 2. The van der Waals surface area contributed by atoms with E-state index in [4.69, 9.17) is 0 Å². The van der Waals surface area contributed by atoms with Gasteiger partial charge in [0.1, 0.15) is 16.8 Å². The van der Waals surface area contributed by atoms with E-state index < -0.39 is 11.0 Å². The topological polar surface area (TPSA) is 46.2 Å². The molecular formula is C14H17NO2S. The Balaban J connectivity index is 2.05. The van der Waals surface area contributed by atoms with Gasteiger partial charge < -0.3 is 0 Å². The van der Waals surface area contributed by atoms with E-state index in [9.17, 15) is 9.00 Å². The Bertz CT molecular complexity index is 493. The summed E-state index contributed by atoms with van der Waals surface area (Å²) in [6.45, 7) is 3.58. The van der Waals surface area contributed by atoms with Gasteiger partial charge in [0, 0.05) is 12.0 Å². The van der Waals surface area contributed by atoms with Gasteiger partial charge in [0.15, 0.2) is 0 Å². The molecule has 4 heteroatoms. The summed E-state index contributed by atoms with van der Waals surface area (Å²) in [5, 5.41) is 0. The van der Waals surface area contributed by atoms with E-state index in [1.165, 1.54) is 0 Å². The molecule has 18 heavy (non-hydrogen) atoms. The number of rotatable bonds is 4. The van der Waals surface area contributed by atoms with Crippen molar-refractivity contribution in [1.29, 1.82) is 0 Å². The summed E-state index contributed by atoms with van der Waals surface area (Å²) < 4.78 is 15.1. The van der Waals surface area contributed by atoms with Gasteiger partial charge in [0.2, 0.25) is 0 Å². The lowest BCUT2D eigenvalue weighted by atomic mass is 9.99. The molecule has 1 aliphatic carbocycles. The Morgan fingerprint density at radius 3 is 2.61 bits per heavy atom. The van der Waals surface area contributed by atoms with E-state index in [1.54, 1.807) is 6.92 Å². The van der Waals surface area contributed by atoms with Crippen LogP contribution in [0.5, 0.6) is 0 Å². The molecule has 3 atom stereocenters. The van der Waals surface area contributed by atoms with Crippen molar-refractivity contribution in [2.75, 3.05) is 0 Å². The van der Waals surface area contributed by atoms with E-state index in [-0.39, 0.29) is 17.7 Å². The van der Waals surface area contributed by atoms with Crippen LogP contribution in [0, 0.1) is 12.8 Å². The summed E-state index contributed by atoms with van der Waals surface area (Å²) in [5.74, 6) is 0.0535. The summed E-state index contributed by atoms with van der Waals surface area (Å²) in [5.41, 5.74) is 1.14. The van der Waals surface area contributed by atoms with Gasteiger partial charge in [-0.05, 0) is 32.4 Å². The van der Waals surface area contributed by atoms with Crippen LogP contribution in [-0.2, 0) is 15.8 Å². The van der Waals surface area contributed by atoms with E-state index in [0.717, 1.165) is 16.9 Å². The van der Waals surface area contributed by atoms with E-state index in [2.05, 4.69) is 4.72 Å². The lowest BCUT2D eigenvalue weighted by Gasteiger charge is -2.17. The molecule has 0 radical (unpaired) electrons. The quantitative estimate of drug-likeness (QED) is 0.846. The Morgan fingerprint density at radius 1 is 1.33 bits per heavy atom. The SMILES string of the molecule is CC(=O)[C@@H]1CC=C[C@@H]1N[S@@](=O)c1ccc(C)cc1. The highest BCUT2D eigenvalue weighted by molar-refractivity contribution is 7.83. The third-order valence-corrected chi connectivity index (χ3v) is 4.35. The highest BCUT2D eigenvalue weighted by Gasteiger charge is 2.27. The molecule has 0 aliphatic heterocycles. The number of aryl methyl sites for hydroxylation is 1. The van der Waals surface area contributed by atoms with Crippen molar-refractivity contribution in [2.24, 2.45) is 5.92 Å². The molecule has 0 saturated carbocycles. The average molecular weight is 263 g/mol. The van der Waals surface area contributed by atoms with Crippen molar-refractivity contribution in [3.05, 3.63) is 42.0 Å². The number of allylic oxidation sites excluding steroid dienone is 1. The fourth-order valence-corrected chi connectivity index (χ4v) is 3.06. The van der Waals surface area contributed by atoms with Crippen LogP contribution < -0.4 is 4.72 Å². The molecule has 0 amide bonds. The third kappa shape index (κ3) is 2.94. The van der Waals surface area contributed by atoms with Gasteiger partial charge in [0.25, 0.3) is 0 Å². The van der Waals surface area contributed by atoms with Crippen LogP contribution in [0.1, 0.15) is 18.9 Å². The van der Waals surface area contributed by atoms with E-state index in [0.29, 0.717) is 0 Å². The van der Waals surface area contributed by atoms with Crippen molar-refractivity contribution >= 4 is 16.8 Å². The first-order valence-electron chi connectivity index (χ1n) is 5.99. The average Bonchev–Trinajstić information content (AvgIpc) is 2.78. The van der Waals surface area contributed by atoms with Crippen molar-refractivity contribution in [3.8, 4) is 0 Å². The largest absolute Gasteiger partial charge is 0.300 e. The Labute approximate surface area is 110 Å². The van der Waals surface area contributed by atoms with Gasteiger partial charge in [-0.1, -0.05) is 29.8 Å². The first kappa shape index (κ1) is 13.2. The second-order valence-electron chi connectivity index (χ2n) is 4.61. The smallest absolute Gasteiger partial charge is 0.135 e. The fourth-order valence-electron chi connectivity index (χ4n) is 2.05. The number of carbonyl (C=O) groups is 1. The Hall–Kier alpha value is -1.26. The van der Waals surface area contributed by atoms with Gasteiger partial charge in [-0.3, -0.25) is 4.79 Å². The second kappa shape index (κ2) is 5.59. The highest BCUT2D eigenvalue weighted by atomic mass is 32.2. The summed E-state index contributed by atoms with van der Waals surface area (Å²) >= 11 is 0. The molecule has 0 saturated heterocycles. The van der Waals surface area contributed by atoms with Crippen LogP contribution >= 0.6 is 0 Å². The molecule has 0 aromatic heterocycles. The number of ketones is 1. The van der Waals surface area contributed by atoms with Gasteiger partial charge >= 0.3 is 0 Å². The van der Waals surface area contributed by atoms with Crippen LogP contribution in [0.15, 0.2) is 41.3 Å². The minimum Gasteiger partial charge on any atom is -0.300 e. The van der Waals surface area contributed by atoms with Crippen LogP contribution in [0.2, 0.25) is 0 Å². The number of benzene rings is 1. The first-order valence-corrected chi connectivity index (χ1v) is 7.14. The summed E-state index contributed by atoms with van der Waals surface area (Å²) in [6, 6.07) is 7.44. The maximum absolute atomic E-state index is 12.1. The normalized spacial score (nSPS) is 24.1. The standard InChI is InChI=1S/C14H17NO2S/c1-10-6-8-12(9-7-10)18(17)15-14-5-3-4-13(14)11(2)16/h3,5-9,13-15H,4H2,1-2H3/t13-,14-,18-/m0/s1. The lowest BCUT2D eigenvalue weighted by molar-refractivity contribution is -0.120. The third-order valence-electron chi connectivity index (χ3n) is 3.17. The summed E-state index contributed by atoms with van der Waals surface area (Å²) in [7, 11) is -1.27. The highest BCUT2D eigenvalue weighted by Crippen LogP contribution is 2.21. The molecule has 0 bridgehead atoms. The van der Waals surface area contributed by atoms with Crippen molar-refractivity contribution in [3.63, 3.8) is 0 Å². The Morgan fingerprint density at radius 2 is 2.00 bits per heavy atom. The van der Waals surface area contributed by atoms with Gasteiger partial charge in [0.05, 0.1) is 4.90 Å². The predicted octanol–water partition coefficient (Wildman–Crippen LogP) is 2.14. The van der Waals surface area contributed by atoms with Crippen LogP contribution in [0.4, 0.5) is 0 Å². The minimum atomic E-state index is -1.27.